The van der Waals surface area contributed by atoms with E-state index in [9.17, 15) is 13.2 Å². The highest BCUT2D eigenvalue weighted by molar-refractivity contribution is 7.91. The van der Waals surface area contributed by atoms with Crippen LogP contribution in [0.1, 0.15) is 6.92 Å². The molecule has 1 aromatic heterocycles. The number of sulfonamides is 1. The molecular formula is C12H20N3O3S2+. The number of quaternary nitrogens is 1. The van der Waals surface area contributed by atoms with E-state index in [0.717, 1.165) is 31.0 Å². The number of nitrogens with one attached hydrogen (secondary N) is 2. The van der Waals surface area contributed by atoms with Crippen molar-refractivity contribution in [1.82, 2.24) is 9.62 Å². The van der Waals surface area contributed by atoms with Gasteiger partial charge in [0, 0.05) is 0 Å². The molecule has 8 heteroatoms. The first-order chi connectivity index (χ1) is 9.53. The second kappa shape index (κ2) is 6.66. The van der Waals surface area contributed by atoms with Gasteiger partial charge in [0.15, 0.2) is 0 Å². The van der Waals surface area contributed by atoms with Crippen LogP contribution in [0.25, 0.3) is 0 Å². The Balaban J connectivity index is 1.84. The van der Waals surface area contributed by atoms with E-state index >= 15 is 0 Å². The number of piperazine rings is 1. The summed E-state index contributed by atoms with van der Waals surface area (Å²) in [5.41, 5.74) is 0. The van der Waals surface area contributed by atoms with Gasteiger partial charge < -0.3 is 9.80 Å². The van der Waals surface area contributed by atoms with Crippen molar-refractivity contribution in [3.05, 3.63) is 17.5 Å². The molecule has 1 aliphatic rings. The van der Waals surface area contributed by atoms with Crippen LogP contribution in [-0.2, 0) is 14.8 Å². The van der Waals surface area contributed by atoms with E-state index in [1.807, 2.05) is 0 Å². The predicted octanol–water partition coefficient (Wildman–Crippen LogP) is -1.23. The summed E-state index contributed by atoms with van der Waals surface area (Å²) in [4.78, 5) is 15.2. The number of hydrogen-bond donors (Lipinski definition) is 2. The summed E-state index contributed by atoms with van der Waals surface area (Å²) in [6.45, 7) is 6.28. The monoisotopic (exact) mass is 318 g/mol. The number of likely N-dealkylation sites (N-methyl/N-ethyl adjacent to an activating group) is 1. The fourth-order valence-corrected chi connectivity index (χ4v) is 4.19. The molecule has 0 spiro atoms. The van der Waals surface area contributed by atoms with Crippen molar-refractivity contribution < 1.29 is 18.1 Å². The highest BCUT2D eigenvalue weighted by Crippen LogP contribution is 2.14. The number of carbonyl (C=O) groups excluding carboxylic acids is 1. The number of amides is 1. The third-order valence-corrected chi connectivity index (χ3v) is 6.30. The van der Waals surface area contributed by atoms with Crippen molar-refractivity contribution in [1.29, 1.82) is 0 Å². The van der Waals surface area contributed by atoms with E-state index in [1.54, 1.807) is 16.3 Å². The minimum absolute atomic E-state index is 0.153. The van der Waals surface area contributed by atoms with Crippen LogP contribution in [0.15, 0.2) is 21.7 Å². The molecule has 1 saturated heterocycles. The van der Waals surface area contributed by atoms with E-state index in [0.29, 0.717) is 13.1 Å². The molecular weight excluding hydrogens is 298 g/mol. The number of thiophene rings is 1. The Morgan fingerprint density at radius 1 is 1.45 bits per heavy atom. The van der Waals surface area contributed by atoms with Crippen LogP contribution in [0.2, 0.25) is 0 Å². The average molecular weight is 318 g/mol. The molecule has 1 aliphatic heterocycles. The van der Waals surface area contributed by atoms with Gasteiger partial charge in [-0.25, -0.2) is 13.1 Å². The second-order valence-corrected chi connectivity index (χ2v) is 7.68. The Kier molecular flexibility index (Phi) is 5.14. The lowest BCUT2D eigenvalue weighted by Gasteiger charge is -2.31. The lowest BCUT2D eigenvalue weighted by molar-refractivity contribution is -0.902. The fourth-order valence-electron chi connectivity index (χ4n) is 2.18. The smallest absolute Gasteiger partial charge is 0.250 e. The molecule has 0 bridgehead atoms. The molecule has 112 valence electrons. The van der Waals surface area contributed by atoms with Crippen LogP contribution in [0.3, 0.4) is 0 Å². The van der Waals surface area contributed by atoms with Crippen LogP contribution < -0.4 is 9.62 Å². The van der Waals surface area contributed by atoms with E-state index in [4.69, 9.17) is 0 Å². The minimum Gasteiger partial charge on any atom is -0.332 e. The highest BCUT2D eigenvalue weighted by Gasteiger charge is 2.24. The Bertz CT molecular complexity index is 534. The standard InChI is InChI=1S/C12H19N3O3S2/c1-2-14-5-7-15(8-6-14)11(16)10-13-20(17,18)12-4-3-9-19-12/h3-4,9,13H,2,5-8,10H2,1H3/p+1. The van der Waals surface area contributed by atoms with E-state index < -0.39 is 10.0 Å². The minimum atomic E-state index is -3.55. The largest absolute Gasteiger partial charge is 0.332 e. The Hall–Kier alpha value is -0.960. The van der Waals surface area contributed by atoms with E-state index in [-0.39, 0.29) is 16.7 Å². The van der Waals surface area contributed by atoms with Crippen molar-refractivity contribution >= 4 is 27.3 Å². The molecule has 1 amide bonds. The fraction of sp³-hybridized carbons (Fsp3) is 0.583. The molecule has 2 heterocycles. The maximum atomic E-state index is 12.0. The third kappa shape index (κ3) is 3.78. The molecule has 0 atom stereocenters. The van der Waals surface area contributed by atoms with Gasteiger partial charge in [-0.3, -0.25) is 4.79 Å². The molecule has 0 radical (unpaired) electrons. The zero-order valence-electron chi connectivity index (χ0n) is 11.5. The van der Waals surface area contributed by atoms with Crippen LogP contribution in [-0.4, -0.2) is 58.5 Å². The molecule has 2 N–H and O–H groups in total. The third-order valence-electron chi connectivity index (χ3n) is 3.50. The topological polar surface area (TPSA) is 70.9 Å². The number of rotatable bonds is 5. The summed E-state index contributed by atoms with van der Waals surface area (Å²) in [7, 11) is -3.55. The molecule has 0 unspecified atom stereocenters. The van der Waals surface area contributed by atoms with Crippen LogP contribution in [0.4, 0.5) is 0 Å². The maximum absolute atomic E-state index is 12.0. The molecule has 2 rings (SSSR count). The van der Waals surface area contributed by atoms with Gasteiger partial charge in [0.1, 0.15) is 4.21 Å². The molecule has 1 fully saturated rings. The van der Waals surface area contributed by atoms with Gasteiger partial charge in [-0.15, -0.1) is 11.3 Å². The molecule has 0 aromatic carbocycles. The molecule has 0 saturated carbocycles. The summed E-state index contributed by atoms with van der Waals surface area (Å²) < 4.78 is 26.4. The van der Waals surface area contributed by atoms with Gasteiger partial charge >= 0.3 is 0 Å². The average Bonchev–Trinajstić information content (AvgIpc) is 3.00. The van der Waals surface area contributed by atoms with Crippen molar-refractivity contribution in [3.63, 3.8) is 0 Å². The van der Waals surface area contributed by atoms with Crippen molar-refractivity contribution in [2.75, 3.05) is 39.3 Å². The summed E-state index contributed by atoms with van der Waals surface area (Å²) in [6.07, 6.45) is 0. The van der Waals surface area contributed by atoms with Crippen molar-refractivity contribution in [2.24, 2.45) is 0 Å². The first kappa shape index (κ1) is 15.4. The van der Waals surface area contributed by atoms with Gasteiger partial charge in [0.2, 0.25) is 5.91 Å². The van der Waals surface area contributed by atoms with E-state index in [2.05, 4.69) is 11.6 Å². The van der Waals surface area contributed by atoms with Crippen molar-refractivity contribution in [3.8, 4) is 0 Å². The lowest BCUT2D eigenvalue weighted by atomic mass is 10.3. The summed E-state index contributed by atoms with van der Waals surface area (Å²) in [5, 5.41) is 1.70. The van der Waals surface area contributed by atoms with E-state index in [1.165, 1.54) is 11.0 Å². The van der Waals surface area contributed by atoms with Crippen LogP contribution in [0.5, 0.6) is 0 Å². The summed E-state index contributed by atoms with van der Waals surface area (Å²) in [6, 6.07) is 3.20. The zero-order valence-corrected chi connectivity index (χ0v) is 13.1. The Labute approximate surface area is 123 Å². The van der Waals surface area contributed by atoms with Crippen molar-refractivity contribution in [2.45, 2.75) is 11.1 Å². The van der Waals surface area contributed by atoms with Gasteiger partial charge in [0.05, 0.1) is 39.3 Å². The number of carbonyl (C=O) groups is 1. The van der Waals surface area contributed by atoms with Crippen LogP contribution >= 0.6 is 11.3 Å². The molecule has 20 heavy (non-hydrogen) atoms. The normalized spacial score (nSPS) is 17.4. The molecule has 0 aliphatic carbocycles. The number of hydrogen-bond acceptors (Lipinski definition) is 4. The Morgan fingerprint density at radius 2 is 2.15 bits per heavy atom. The number of nitrogens with zero attached hydrogens (tertiary/aromatic N) is 1. The predicted molar refractivity (Wildman–Crippen MR) is 77.3 cm³/mol. The molecule has 1 aromatic rings. The lowest BCUT2D eigenvalue weighted by Crippen LogP contribution is -3.14. The van der Waals surface area contributed by atoms with Gasteiger partial charge in [-0.2, -0.15) is 0 Å². The van der Waals surface area contributed by atoms with Crippen LogP contribution in [0, 0.1) is 0 Å². The second-order valence-electron chi connectivity index (χ2n) is 4.74. The Morgan fingerprint density at radius 3 is 2.70 bits per heavy atom. The zero-order chi connectivity index (χ0) is 14.6. The highest BCUT2D eigenvalue weighted by atomic mass is 32.2. The SMILES string of the molecule is CC[NH+]1CCN(C(=O)CNS(=O)(=O)c2cccs2)CC1. The first-order valence-electron chi connectivity index (χ1n) is 6.67. The van der Waals surface area contributed by atoms with Gasteiger partial charge in [0.25, 0.3) is 10.0 Å². The maximum Gasteiger partial charge on any atom is 0.250 e. The van der Waals surface area contributed by atoms with Gasteiger partial charge in [-0.05, 0) is 18.4 Å². The summed E-state index contributed by atoms with van der Waals surface area (Å²) >= 11 is 1.14. The van der Waals surface area contributed by atoms with Gasteiger partial charge in [-0.1, -0.05) is 6.07 Å². The first-order valence-corrected chi connectivity index (χ1v) is 9.03. The molecule has 6 nitrogen and oxygen atoms in total. The summed E-state index contributed by atoms with van der Waals surface area (Å²) in [5.74, 6) is -0.153. The quantitative estimate of drug-likeness (QED) is 0.714.